The van der Waals surface area contributed by atoms with E-state index in [9.17, 15) is 17.9 Å². The molecular weight excluding hydrogens is 333 g/mol. The summed E-state index contributed by atoms with van der Waals surface area (Å²) in [4.78, 5) is 1.58. The molecular formula is C13H17ClFN3O3S. The summed E-state index contributed by atoms with van der Waals surface area (Å²) in [5.41, 5.74) is 5.52. The molecule has 3 rings (SSSR count). The fourth-order valence-corrected chi connectivity index (χ4v) is 5.18. The number of hydrogen-bond acceptors (Lipinski definition) is 5. The Morgan fingerprint density at radius 3 is 2.77 bits per heavy atom. The number of halogens is 2. The minimum Gasteiger partial charge on any atom is -0.504 e. The van der Waals surface area contributed by atoms with E-state index in [2.05, 4.69) is 0 Å². The number of anilines is 1. The summed E-state index contributed by atoms with van der Waals surface area (Å²) >= 11 is 5.95. The predicted molar refractivity (Wildman–Crippen MR) is 81.2 cm³/mol. The van der Waals surface area contributed by atoms with E-state index in [1.165, 1.54) is 16.4 Å². The third-order valence-electron chi connectivity index (χ3n) is 4.24. The third kappa shape index (κ3) is 2.54. The van der Waals surface area contributed by atoms with Gasteiger partial charge < -0.3 is 10.8 Å². The number of alkyl halides is 1. The van der Waals surface area contributed by atoms with Gasteiger partial charge in [-0.1, -0.05) is 11.6 Å². The number of aromatic hydroxyl groups is 1. The van der Waals surface area contributed by atoms with Gasteiger partial charge in [0.15, 0.2) is 5.75 Å². The van der Waals surface area contributed by atoms with Crippen LogP contribution in [-0.4, -0.2) is 61.1 Å². The van der Waals surface area contributed by atoms with Crippen molar-refractivity contribution in [2.24, 2.45) is 0 Å². The highest BCUT2D eigenvalue weighted by Gasteiger charge is 2.41. The molecule has 0 bridgehead atoms. The lowest BCUT2D eigenvalue weighted by molar-refractivity contribution is 0.156. The number of sulfonamides is 1. The maximum atomic E-state index is 13.5. The zero-order valence-electron chi connectivity index (χ0n) is 11.7. The topological polar surface area (TPSA) is 86.9 Å². The molecule has 22 heavy (non-hydrogen) atoms. The molecule has 2 aliphatic rings. The van der Waals surface area contributed by atoms with E-state index in [0.29, 0.717) is 19.5 Å². The molecule has 0 aliphatic carbocycles. The van der Waals surface area contributed by atoms with Gasteiger partial charge in [-0.2, -0.15) is 4.31 Å². The molecule has 2 atom stereocenters. The zero-order chi connectivity index (χ0) is 16.1. The average molecular weight is 350 g/mol. The summed E-state index contributed by atoms with van der Waals surface area (Å²) in [5, 5.41) is 9.91. The number of nitrogen functional groups attached to an aromatic ring is 1. The highest BCUT2D eigenvalue weighted by atomic mass is 35.5. The normalized spacial score (nSPS) is 27.0. The number of rotatable bonds is 2. The minimum absolute atomic E-state index is 0.0497. The Labute approximate surface area is 133 Å². The summed E-state index contributed by atoms with van der Waals surface area (Å²) in [5.74, 6) is -0.537. The molecule has 2 heterocycles. The van der Waals surface area contributed by atoms with Crippen LogP contribution in [0.5, 0.6) is 5.75 Å². The SMILES string of the molecule is Nc1ccc(Cl)c(S(=O)(=O)N2CCN3CC(F)CC3C2)c1O. The summed E-state index contributed by atoms with van der Waals surface area (Å²) in [6.07, 6.45) is -0.597. The van der Waals surface area contributed by atoms with Crippen LogP contribution in [0.1, 0.15) is 6.42 Å². The van der Waals surface area contributed by atoms with E-state index in [4.69, 9.17) is 17.3 Å². The molecule has 1 aromatic rings. The Hall–Kier alpha value is -1.09. The summed E-state index contributed by atoms with van der Waals surface area (Å²) in [6.45, 7) is 1.23. The highest BCUT2D eigenvalue weighted by molar-refractivity contribution is 7.89. The van der Waals surface area contributed by atoms with Gasteiger partial charge in [-0.15, -0.1) is 0 Å². The predicted octanol–water partition coefficient (Wildman–Crippen LogP) is 1.04. The summed E-state index contributed by atoms with van der Waals surface area (Å²) in [6, 6.07) is 2.55. The molecule has 6 nitrogen and oxygen atoms in total. The lowest BCUT2D eigenvalue weighted by Crippen LogP contribution is -2.51. The minimum atomic E-state index is -3.98. The van der Waals surface area contributed by atoms with Crippen LogP contribution in [0.25, 0.3) is 0 Å². The standard InChI is InChI=1S/C13H17ClFN3O3S/c14-10-1-2-11(16)12(19)13(10)22(20,21)18-4-3-17-6-8(15)5-9(17)7-18/h1-2,8-9,19H,3-7,16H2. The lowest BCUT2D eigenvalue weighted by atomic mass is 10.2. The van der Waals surface area contributed by atoms with E-state index in [0.717, 1.165) is 0 Å². The van der Waals surface area contributed by atoms with Crippen molar-refractivity contribution in [1.82, 2.24) is 9.21 Å². The van der Waals surface area contributed by atoms with Gasteiger partial charge in [-0.25, -0.2) is 12.8 Å². The molecule has 0 radical (unpaired) electrons. The molecule has 0 spiro atoms. The Bertz CT molecular complexity index is 700. The number of nitrogens with two attached hydrogens (primary N) is 1. The first-order valence-electron chi connectivity index (χ1n) is 6.96. The van der Waals surface area contributed by atoms with E-state index < -0.39 is 21.9 Å². The molecule has 2 fully saturated rings. The van der Waals surface area contributed by atoms with Gasteiger partial charge in [-0.05, 0) is 18.6 Å². The van der Waals surface area contributed by atoms with Gasteiger partial charge in [0.1, 0.15) is 11.1 Å². The highest BCUT2D eigenvalue weighted by Crippen LogP contribution is 2.38. The van der Waals surface area contributed by atoms with Crippen LogP contribution < -0.4 is 5.73 Å². The van der Waals surface area contributed by atoms with E-state index in [1.54, 1.807) is 0 Å². The van der Waals surface area contributed by atoms with E-state index in [-0.39, 0.29) is 34.7 Å². The molecule has 0 saturated carbocycles. The summed E-state index contributed by atoms with van der Waals surface area (Å²) in [7, 11) is -3.98. The van der Waals surface area contributed by atoms with Crippen molar-refractivity contribution in [1.29, 1.82) is 0 Å². The second-order valence-corrected chi connectivity index (χ2v) is 7.94. The number of hydrogen-bond donors (Lipinski definition) is 2. The van der Waals surface area contributed by atoms with Crippen LogP contribution in [0.15, 0.2) is 17.0 Å². The zero-order valence-corrected chi connectivity index (χ0v) is 13.3. The number of benzene rings is 1. The Morgan fingerprint density at radius 1 is 1.32 bits per heavy atom. The molecule has 2 aliphatic heterocycles. The smallest absolute Gasteiger partial charge is 0.248 e. The van der Waals surface area contributed by atoms with Gasteiger partial charge in [0.2, 0.25) is 10.0 Å². The molecule has 1 aromatic carbocycles. The molecule has 0 aromatic heterocycles. The summed E-state index contributed by atoms with van der Waals surface area (Å²) < 4.78 is 40.2. The van der Waals surface area contributed by atoms with Crippen LogP contribution in [0.2, 0.25) is 5.02 Å². The maximum absolute atomic E-state index is 13.5. The van der Waals surface area contributed by atoms with Crippen LogP contribution in [0.4, 0.5) is 10.1 Å². The third-order valence-corrected chi connectivity index (χ3v) is 6.61. The van der Waals surface area contributed by atoms with Crippen molar-refractivity contribution >= 4 is 27.3 Å². The van der Waals surface area contributed by atoms with Crippen molar-refractivity contribution in [3.8, 4) is 5.75 Å². The molecule has 0 amide bonds. The van der Waals surface area contributed by atoms with Gasteiger partial charge in [0, 0.05) is 32.2 Å². The van der Waals surface area contributed by atoms with Gasteiger partial charge in [-0.3, -0.25) is 4.90 Å². The van der Waals surface area contributed by atoms with Gasteiger partial charge in [0.05, 0.1) is 10.7 Å². The Morgan fingerprint density at radius 2 is 2.05 bits per heavy atom. The number of phenolic OH excluding ortho intramolecular Hbond substituents is 1. The largest absolute Gasteiger partial charge is 0.504 e. The number of fused-ring (bicyclic) bond motifs is 1. The van der Waals surface area contributed by atoms with Gasteiger partial charge >= 0.3 is 0 Å². The fraction of sp³-hybridized carbons (Fsp3) is 0.538. The monoisotopic (exact) mass is 349 g/mol. The van der Waals surface area contributed by atoms with Crippen molar-refractivity contribution in [2.75, 3.05) is 31.9 Å². The second kappa shape index (κ2) is 5.52. The van der Waals surface area contributed by atoms with Crippen molar-refractivity contribution in [3.63, 3.8) is 0 Å². The van der Waals surface area contributed by atoms with E-state index >= 15 is 0 Å². The van der Waals surface area contributed by atoms with Crippen LogP contribution in [0, 0.1) is 0 Å². The average Bonchev–Trinajstić information content (AvgIpc) is 2.82. The molecule has 2 saturated heterocycles. The Balaban J connectivity index is 1.93. The van der Waals surface area contributed by atoms with Crippen LogP contribution in [0.3, 0.4) is 0 Å². The molecule has 9 heteroatoms. The first-order chi connectivity index (χ1) is 10.3. The van der Waals surface area contributed by atoms with Gasteiger partial charge in [0.25, 0.3) is 0 Å². The second-order valence-electron chi connectivity index (χ2n) is 5.66. The van der Waals surface area contributed by atoms with Crippen LogP contribution >= 0.6 is 11.6 Å². The van der Waals surface area contributed by atoms with Crippen LogP contribution in [-0.2, 0) is 10.0 Å². The fourth-order valence-electron chi connectivity index (χ4n) is 3.11. The van der Waals surface area contributed by atoms with Crippen molar-refractivity contribution < 1.29 is 17.9 Å². The number of piperazine rings is 1. The number of nitrogens with zero attached hydrogens (tertiary/aromatic N) is 2. The van der Waals surface area contributed by atoms with Crippen molar-refractivity contribution in [2.45, 2.75) is 23.5 Å². The molecule has 3 N–H and O–H groups in total. The first kappa shape index (κ1) is 15.8. The van der Waals surface area contributed by atoms with E-state index in [1.807, 2.05) is 4.90 Å². The Kier molecular flexibility index (Phi) is 3.96. The molecule has 2 unspecified atom stereocenters. The maximum Gasteiger partial charge on any atom is 0.248 e. The van der Waals surface area contributed by atoms with Crippen molar-refractivity contribution in [3.05, 3.63) is 17.2 Å². The number of phenols is 1. The lowest BCUT2D eigenvalue weighted by Gasteiger charge is -2.36. The first-order valence-corrected chi connectivity index (χ1v) is 8.77. The quantitative estimate of drug-likeness (QED) is 0.615. The molecule has 122 valence electrons.